The fourth-order valence-corrected chi connectivity index (χ4v) is 4.18. The van der Waals surface area contributed by atoms with Gasteiger partial charge in [-0.2, -0.15) is 0 Å². The third kappa shape index (κ3) is 2.47. The van der Waals surface area contributed by atoms with Gasteiger partial charge in [0.2, 0.25) is 0 Å². The molecule has 0 saturated heterocycles. The lowest BCUT2D eigenvalue weighted by molar-refractivity contribution is 0.104. The van der Waals surface area contributed by atoms with Crippen molar-refractivity contribution >= 4 is 16.6 Å². The number of aromatic nitrogens is 2. The van der Waals surface area contributed by atoms with Crippen molar-refractivity contribution in [3.8, 4) is 22.8 Å². The molecule has 4 aromatic rings. The minimum atomic E-state index is -0.255. The van der Waals surface area contributed by atoms with Gasteiger partial charge in [0, 0.05) is 22.7 Å². The molecule has 148 valence electrons. The van der Waals surface area contributed by atoms with E-state index in [4.69, 9.17) is 9.47 Å². The first kappa shape index (κ1) is 18.1. The third-order valence-corrected chi connectivity index (χ3v) is 5.48. The minimum absolute atomic E-state index is 0.104. The largest absolute Gasteiger partial charge is 0.493 e. The molecule has 0 amide bonds. The Kier molecular flexibility index (Phi) is 4.13. The monoisotopic (exact) mass is 398 g/mol. The number of ketones is 1. The van der Waals surface area contributed by atoms with Crippen molar-refractivity contribution in [2.75, 3.05) is 14.2 Å². The molecule has 5 rings (SSSR count). The minimum Gasteiger partial charge on any atom is -0.493 e. The average Bonchev–Trinajstić information content (AvgIpc) is 3.09. The van der Waals surface area contributed by atoms with Gasteiger partial charge in [-0.1, -0.05) is 30.3 Å². The average molecular weight is 398 g/mol. The number of nitrogens with zero attached hydrogens (tertiary/aromatic N) is 2. The summed E-state index contributed by atoms with van der Waals surface area (Å²) in [7, 11) is 3.01. The lowest BCUT2D eigenvalue weighted by atomic mass is 10.0. The molecule has 0 atom stereocenters. The first-order valence-corrected chi connectivity index (χ1v) is 9.51. The van der Waals surface area contributed by atoms with Crippen molar-refractivity contribution in [3.63, 3.8) is 0 Å². The van der Waals surface area contributed by atoms with E-state index in [1.54, 1.807) is 29.0 Å². The van der Waals surface area contributed by atoms with Gasteiger partial charge in [0.05, 0.1) is 43.1 Å². The Morgan fingerprint density at radius 2 is 1.67 bits per heavy atom. The number of fused-ring (bicyclic) bond motifs is 5. The lowest BCUT2D eigenvalue weighted by Gasteiger charge is -2.17. The van der Waals surface area contributed by atoms with Crippen LogP contribution in [-0.2, 0) is 6.54 Å². The molecule has 6 nitrogen and oxygen atoms in total. The predicted octanol–water partition coefficient (Wildman–Crippen LogP) is 3.67. The summed E-state index contributed by atoms with van der Waals surface area (Å²) in [6.45, 7) is 0.236. The van der Waals surface area contributed by atoms with Crippen LogP contribution in [0.4, 0.5) is 0 Å². The van der Waals surface area contributed by atoms with E-state index in [2.05, 4.69) is 4.98 Å². The quantitative estimate of drug-likeness (QED) is 0.462. The van der Waals surface area contributed by atoms with Gasteiger partial charge in [-0.25, -0.2) is 0 Å². The fourth-order valence-electron chi connectivity index (χ4n) is 4.18. The third-order valence-electron chi connectivity index (χ3n) is 5.48. The highest BCUT2D eigenvalue weighted by Crippen LogP contribution is 2.43. The van der Waals surface area contributed by atoms with E-state index in [0.29, 0.717) is 39.1 Å². The summed E-state index contributed by atoms with van der Waals surface area (Å²) in [5, 5.41) is 0.888. The maximum Gasteiger partial charge on any atom is 0.263 e. The van der Waals surface area contributed by atoms with Crippen LogP contribution < -0.4 is 15.0 Å². The second-order valence-electron chi connectivity index (χ2n) is 7.03. The Labute approximate surface area is 172 Å². The zero-order chi connectivity index (χ0) is 20.8. The van der Waals surface area contributed by atoms with Crippen LogP contribution in [-0.4, -0.2) is 29.6 Å². The number of hydrogen-bond acceptors (Lipinski definition) is 5. The van der Waals surface area contributed by atoms with E-state index in [9.17, 15) is 9.59 Å². The summed E-state index contributed by atoms with van der Waals surface area (Å²) in [6.07, 6.45) is 1.68. The number of benzene rings is 2. The second kappa shape index (κ2) is 6.84. The highest BCUT2D eigenvalue weighted by Gasteiger charge is 2.33. The molecular formula is C24H18N2O4. The van der Waals surface area contributed by atoms with Gasteiger partial charge in [0.1, 0.15) is 0 Å². The molecule has 30 heavy (non-hydrogen) atoms. The van der Waals surface area contributed by atoms with Gasteiger partial charge in [0.15, 0.2) is 17.3 Å². The highest BCUT2D eigenvalue weighted by atomic mass is 16.5. The lowest BCUT2D eigenvalue weighted by Crippen LogP contribution is -2.24. The maximum absolute atomic E-state index is 13.7. The van der Waals surface area contributed by atoms with Crippen molar-refractivity contribution < 1.29 is 14.3 Å². The summed E-state index contributed by atoms with van der Waals surface area (Å²) in [4.78, 5) is 31.5. The van der Waals surface area contributed by atoms with E-state index in [1.165, 1.54) is 14.2 Å². The summed E-state index contributed by atoms with van der Waals surface area (Å²) >= 11 is 0. The predicted molar refractivity (Wildman–Crippen MR) is 114 cm³/mol. The van der Waals surface area contributed by atoms with E-state index in [1.807, 2.05) is 36.4 Å². The van der Waals surface area contributed by atoms with Crippen molar-refractivity contribution in [3.05, 3.63) is 88.0 Å². The molecular weight excluding hydrogens is 380 g/mol. The molecule has 1 aliphatic carbocycles. The maximum atomic E-state index is 13.7. The van der Waals surface area contributed by atoms with E-state index in [0.717, 1.165) is 11.3 Å². The first-order chi connectivity index (χ1) is 14.7. The Balaban J connectivity index is 1.94. The van der Waals surface area contributed by atoms with Crippen LogP contribution in [0.25, 0.3) is 22.0 Å². The molecule has 0 fully saturated rings. The molecule has 2 heterocycles. The summed E-state index contributed by atoms with van der Waals surface area (Å²) in [6, 6.07) is 16.4. The van der Waals surface area contributed by atoms with Crippen LogP contribution in [0.1, 0.15) is 21.6 Å². The number of carbonyl (C=O) groups excluding carboxylic acids is 1. The second-order valence-corrected chi connectivity index (χ2v) is 7.03. The molecule has 0 spiro atoms. The number of ether oxygens (including phenoxy) is 2. The topological polar surface area (TPSA) is 70.4 Å². The number of pyridine rings is 2. The first-order valence-electron chi connectivity index (χ1n) is 9.51. The van der Waals surface area contributed by atoms with Gasteiger partial charge in [-0.05, 0) is 24.3 Å². The number of rotatable bonds is 4. The van der Waals surface area contributed by atoms with Crippen LogP contribution in [0.2, 0.25) is 0 Å². The highest BCUT2D eigenvalue weighted by molar-refractivity contribution is 6.27. The van der Waals surface area contributed by atoms with Crippen molar-refractivity contribution in [1.82, 2.24) is 9.55 Å². The van der Waals surface area contributed by atoms with Crippen LogP contribution in [0, 0.1) is 0 Å². The van der Waals surface area contributed by atoms with Crippen molar-refractivity contribution in [2.24, 2.45) is 0 Å². The molecule has 1 aliphatic rings. The SMILES string of the molecule is COc1ccc2c3c(n(Cc4ccccn4)c(=O)c2c1OC)-c1ccccc1C3=O. The standard InChI is InChI=1S/C24H18N2O4/c1-29-18-11-10-17-19-21(15-8-3-4-9-16(15)22(19)27)26(13-14-7-5-6-12-25-14)24(28)20(17)23(18)30-2/h3-12H,13H2,1-2H3. The van der Waals surface area contributed by atoms with Crippen molar-refractivity contribution in [2.45, 2.75) is 6.54 Å². The molecule has 0 radical (unpaired) electrons. The van der Waals surface area contributed by atoms with Crippen LogP contribution in [0.15, 0.2) is 65.6 Å². The zero-order valence-electron chi connectivity index (χ0n) is 16.5. The molecule has 2 aromatic carbocycles. The summed E-state index contributed by atoms with van der Waals surface area (Å²) < 4.78 is 12.6. The Morgan fingerprint density at radius 1 is 0.900 bits per heavy atom. The fraction of sp³-hybridized carbons (Fsp3) is 0.125. The van der Waals surface area contributed by atoms with Crippen molar-refractivity contribution in [1.29, 1.82) is 0 Å². The Bertz CT molecular complexity index is 1370. The van der Waals surface area contributed by atoms with E-state index in [-0.39, 0.29) is 17.9 Å². The molecule has 0 saturated carbocycles. The number of methoxy groups -OCH3 is 2. The van der Waals surface area contributed by atoms with Gasteiger partial charge in [-0.3, -0.25) is 14.6 Å². The summed E-state index contributed by atoms with van der Waals surface area (Å²) in [5.41, 5.74) is 2.93. The van der Waals surface area contributed by atoms with E-state index < -0.39 is 0 Å². The summed E-state index contributed by atoms with van der Waals surface area (Å²) in [5.74, 6) is 0.656. The normalized spacial score (nSPS) is 12.0. The zero-order valence-corrected chi connectivity index (χ0v) is 16.5. The number of carbonyl (C=O) groups is 1. The van der Waals surface area contributed by atoms with E-state index >= 15 is 0 Å². The van der Waals surface area contributed by atoms with Gasteiger partial charge < -0.3 is 14.0 Å². The molecule has 0 N–H and O–H groups in total. The molecule has 6 heteroatoms. The molecule has 2 aromatic heterocycles. The molecule has 0 unspecified atom stereocenters. The Morgan fingerprint density at radius 3 is 2.37 bits per heavy atom. The number of hydrogen-bond donors (Lipinski definition) is 0. The van der Waals surface area contributed by atoms with Crippen LogP contribution in [0.3, 0.4) is 0 Å². The van der Waals surface area contributed by atoms with Gasteiger partial charge in [0.25, 0.3) is 5.56 Å². The van der Waals surface area contributed by atoms with Gasteiger partial charge >= 0.3 is 0 Å². The Hall–Kier alpha value is -3.93. The molecule has 0 aliphatic heterocycles. The molecule has 0 bridgehead atoms. The smallest absolute Gasteiger partial charge is 0.263 e. The van der Waals surface area contributed by atoms with Crippen LogP contribution >= 0.6 is 0 Å². The van der Waals surface area contributed by atoms with Gasteiger partial charge in [-0.15, -0.1) is 0 Å². The van der Waals surface area contributed by atoms with Crippen LogP contribution in [0.5, 0.6) is 11.5 Å².